The molecule has 0 aliphatic carbocycles. The molecule has 0 spiro atoms. The van der Waals surface area contributed by atoms with Crippen molar-refractivity contribution in [2.75, 3.05) is 0 Å². The second-order valence-electron chi connectivity index (χ2n) is 6.26. The van der Waals surface area contributed by atoms with Crippen molar-refractivity contribution in [3.05, 3.63) is 89.7 Å². The molecule has 0 saturated carbocycles. The second kappa shape index (κ2) is 6.70. The average Bonchev–Trinajstić information content (AvgIpc) is 3.10. The molecule has 0 aliphatic rings. The van der Waals surface area contributed by atoms with E-state index >= 15 is 0 Å². The Balaban J connectivity index is 1.67. The first-order chi connectivity index (χ1) is 12.7. The highest BCUT2D eigenvalue weighted by atomic mass is 14.9. The molecule has 0 radical (unpaired) electrons. The number of H-pyrrole nitrogens is 1. The number of aryl methyl sites for hydroxylation is 1. The number of allylic oxidation sites excluding steroid dienone is 1. The lowest BCUT2D eigenvalue weighted by Crippen LogP contribution is -1.85. The van der Waals surface area contributed by atoms with Gasteiger partial charge in [-0.05, 0) is 47.4 Å². The molecule has 0 unspecified atom stereocenters. The summed E-state index contributed by atoms with van der Waals surface area (Å²) < 4.78 is 0. The molecule has 0 aliphatic heterocycles. The summed E-state index contributed by atoms with van der Waals surface area (Å²) in [6.07, 6.45) is 1.86. The van der Waals surface area contributed by atoms with Crippen molar-refractivity contribution in [3.63, 3.8) is 0 Å². The van der Waals surface area contributed by atoms with Gasteiger partial charge in [0.1, 0.15) is 11.9 Å². The maximum absolute atomic E-state index is 9.57. The van der Waals surface area contributed by atoms with Crippen molar-refractivity contribution in [2.45, 2.75) is 6.92 Å². The fraction of sp³-hybridized carbons (Fsp3) is 0.0435. The van der Waals surface area contributed by atoms with E-state index in [-0.39, 0.29) is 0 Å². The lowest BCUT2D eigenvalue weighted by molar-refractivity contribution is 1.27. The van der Waals surface area contributed by atoms with E-state index in [1.165, 1.54) is 5.56 Å². The smallest absolute Gasteiger partial charge is 0.149 e. The van der Waals surface area contributed by atoms with E-state index in [9.17, 15) is 5.26 Å². The Hall–Kier alpha value is -3.64. The number of nitriles is 1. The van der Waals surface area contributed by atoms with Gasteiger partial charge in [-0.15, -0.1) is 0 Å². The zero-order chi connectivity index (χ0) is 17.9. The molecule has 3 nitrogen and oxygen atoms in total. The maximum atomic E-state index is 9.57. The van der Waals surface area contributed by atoms with Crippen LogP contribution >= 0.6 is 0 Å². The van der Waals surface area contributed by atoms with E-state index in [1.807, 2.05) is 61.5 Å². The number of aromatic amines is 1. The topological polar surface area (TPSA) is 52.5 Å². The lowest BCUT2D eigenvalue weighted by atomic mass is 10.0. The third-order valence-corrected chi connectivity index (χ3v) is 4.34. The number of rotatable bonds is 3. The SMILES string of the molecule is Cc1ccc2nc(/C(C#N)=C\c3ccc(-c4ccccc4)cc3)[nH]c2c1. The van der Waals surface area contributed by atoms with Crippen molar-refractivity contribution in [3.8, 4) is 17.2 Å². The van der Waals surface area contributed by atoms with Crippen molar-refractivity contribution < 1.29 is 0 Å². The summed E-state index contributed by atoms with van der Waals surface area (Å²) in [6.45, 7) is 2.04. The van der Waals surface area contributed by atoms with Crippen molar-refractivity contribution >= 4 is 22.7 Å². The van der Waals surface area contributed by atoms with Crippen LogP contribution in [0.4, 0.5) is 0 Å². The van der Waals surface area contributed by atoms with Crippen molar-refractivity contribution in [1.29, 1.82) is 5.26 Å². The molecule has 26 heavy (non-hydrogen) atoms. The Labute approximate surface area is 152 Å². The van der Waals surface area contributed by atoms with Gasteiger partial charge in [-0.1, -0.05) is 60.7 Å². The van der Waals surface area contributed by atoms with Crippen molar-refractivity contribution in [2.24, 2.45) is 0 Å². The van der Waals surface area contributed by atoms with Crippen LogP contribution in [0.15, 0.2) is 72.8 Å². The van der Waals surface area contributed by atoms with Gasteiger partial charge in [0.2, 0.25) is 0 Å². The van der Waals surface area contributed by atoms with Gasteiger partial charge in [0, 0.05) is 0 Å². The van der Waals surface area contributed by atoms with E-state index < -0.39 is 0 Å². The zero-order valence-corrected chi connectivity index (χ0v) is 14.4. The average molecular weight is 335 g/mol. The van der Waals surface area contributed by atoms with E-state index in [0.29, 0.717) is 11.4 Å². The number of imidazole rings is 1. The standard InChI is InChI=1S/C23H17N3/c1-16-7-12-21-22(13-16)26-23(25-21)20(15-24)14-17-8-10-19(11-9-17)18-5-3-2-4-6-18/h2-14H,1H3,(H,25,26)/b20-14-. The lowest BCUT2D eigenvalue weighted by Gasteiger charge is -2.02. The zero-order valence-electron chi connectivity index (χ0n) is 14.4. The van der Waals surface area contributed by atoms with Gasteiger partial charge in [0.25, 0.3) is 0 Å². The van der Waals surface area contributed by atoms with Crippen LogP contribution in [0.5, 0.6) is 0 Å². The molecule has 124 valence electrons. The minimum atomic E-state index is 0.520. The molecule has 3 aromatic carbocycles. The Morgan fingerprint density at radius 3 is 2.42 bits per heavy atom. The van der Waals surface area contributed by atoms with E-state index in [2.05, 4.69) is 40.3 Å². The predicted molar refractivity (Wildman–Crippen MR) is 106 cm³/mol. The van der Waals surface area contributed by atoms with E-state index in [0.717, 1.165) is 27.7 Å². The van der Waals surface area contributed by atoms with Crippen LogP contribution in [-0.4, -0.2) is 9.97 Å². The number of fused-ring (bicyclic) bond motifs is 1. The Morgan fingerprint density at radius 2 is 1.69 bits per heavy atom. The van der Waals surface area contributed by atoms with Crippen LogP contribution in [0.25, 0.3) is 33.8 Å². The van der Waals surface area contributed by atoms with Crippen LogP contribution in [0.2, 0.25) is 0 Å². The van der Waals surface area contributed by atoms with Crippen LogP contribution in [0.3, 0.4) is 0 Å². The van der Waals surface area contributed by atoms with Gasteiger partial charge in [-0.25, -0.2) is 4.98 Å². The molecule has 4 aromatic rings. The number of hydrogen-bond donors (Lipinski definition) is 1. The van der Waals surface area contributed by atoms with Gasteiger partial charge in [-0.3, -0.25) is 0 Å². The van der Waals surface area contributed by atoms with Gasteiger partial charge in [0.05, 0.1) is 16.6 Å². The van der Waals surface area contributed by atoms with Gasteiger partial charge < -0.3 is 4.98 Å². The monoisotopic (exact) mass is 335 g/mol. The second-order valence-corrected chi connectivity index (χ2v) is 6.26. The fourth-order valence-electron chi connectivity index (χ4n) is 2.97. The molecule has 0 fully saturated rings. The Bertz CT molecular complexity index is 1130. The van der Waals surface area contributed by atoms with E-state index in [4.69, 9.17) is 0 Å². The largest absolute Gasteiger partial charge is 0.337 e. The van der Waals surface area contributed by atoms with Crippen LogP contribution in [0, 0.1) is 18.3 Å². The molecule has 3 heteroatoms. The molecule has 0 atom stereocenters. The summed E-state index contributed by atoms with van der Waals surface area (Å²) in [4.78, 5) is 7.78. The third kappa shape index (κ3) is 3.13. The molecule has 0 saturated heterocycles. The molecular weight excluding hydrogens is 318 g/mol. The molecular formula is C23H17N3. The number of benzene rings is 3. The van der Waals surface area contributed by atoms with Gasteiger partial charge in [-0.2, -0.15) is 5.26 Å². The first-order valence-corrected chi connectivity index (χ1v) is 8.47. The third-order valence-electron chi connectivity index (χ3n) is 4.34. The fourth-order valence-corrected chi connectivity index (χ4v) is 2.97. The molecule has 1 aromatic heterocycles. The van der Waals surface area contributed by atoms with Crippen LogP contribution in [-0.2, 0) is 0 Å². The highest BCUT2D eigenvalue weighted by Crippen LogP contribution is 2.23. The maximum Gasteiger partial charge on any atom is 0.149 e. The highest BCUT2D eigenvalue weighted by molar-refractivity contribution is 5.90. The van der Waals surface area contributed by atoms with Crippen LogP contribution in [0.1, 0.15) is 17.0 Å². The highest BCUT2D eigenvalue weighted by Gasteiger charge is 2.08. The first kappa shape index (κ1) is 15.9. The number of nitrogens with one attached hydrogen (secondary N) is 1. The summed E-state index contributed by atoms with van der Waals surface area (Å²) in [7, 11) is 0. The first-order valence-electron chi connectivity index (χ1n) is 8.47. The molecule has 4 rings (SSSR count). The molecule has 1 N–H and O–H groups in total. The number of aromatic nitrogens is 2. The quantitative estimate of drug-likeness (QED) is 0.495. The summed E-state index contributed by atoms with van der Waals surface area (Å²) in [5.41, 5.74) is 6.79. The van der Waals surface area contributed by atoms with Crippen molar-refractivity contribution in [1.82, 2.24) is 9.97 Å². The summed E-state index contributed by atoms with van der Waals surface area (Å²) >= 11 is 0. The number of hydrogen-bond acceptors (Lipinski definition) is 2. The Kier molecular flexibility index (Phi) is 4.09. The number of nitrogens with zero attached hydrogens (tertiary/aromatic N) is 2. The molecule has 1 heterocycles. The van der Waals surface area contributed by atoms with E-state index in [1.54, 1.807) is 0 Å². The summed E-state index contributed by atoms with van der Waals surface area (Å²) in [6, 6.07) is 26.7. The normalized spacial score (nSPS) is 11.5. The minimum absolute atomic E-state index is 0.520. The Morgan fingerprint density at radius 1 is 0.962 bits per heavy atom. The summed E-state index contributed by atoms with van der Waals surface area (Å²) in [5.74, 6) is 0.597. The van der Waals surface area contributed by atoms with Crippen LogP contribution < -0.4 is 0 Å². The molecule has 0 amide bonds. The van der Waals surface area contributed by atoms with Gasteiger partial charge >= 0.3 is 0 Å². The molecule has 0 bridgehead atoms. The minimum Gasteiger partial charge on any atom is -0.337 e. The van der Waals surface area contributed by atoms with Gasteiger partial charge in [0.15, 0.2) is 0 Å². The predicted octanol–water partition coefficient (Wildman–Crippen LogP) is 5.60. The summed E-state index contributed by atoms with van der Waals surface area (Å²) in [5, 5.41) is 9.57.